The summed E-state index contributed by atoms with van der Waals surface area (Å²) < 4.78 is 0. The molecule has 2 atom stereocenters. The second-order valence-electron chi connectivity index (χ2n) is 9.24. The second kappa shape index (κ2) is 7.46. The summed E-state index contributed by atoms with van der Waals surface area (Å²) >= 11 is 0. The van der Waals surface area contributed by atoms with E-state index in [1.807, 2.05) is 0 Å². The van der Waals surface area contributed by atoms with Gasteiger partial charge in [-0.25, -0.2) is 0 Å². The lowest BCUT2D eigenvalue weighted by Gasteiger charge is -2.48. The van der Waals surface area contributed by atoms with Crippen LogP contribution in [0.2, 0.25) is 0 Å². The fraction of sp³-hybridized carbons (Fsp3) is 1.00. The minimum atomic E-state index is 0.339. The molecular weight excluding hydrogens is 256 g/mol. The van der Waals surface area contributed by atoms with E-state index in [1.165, 1.54) is 13.1 Å². The summed E-state index contributed by atoms with van der Waals surface area (Å²) in [5.41, 5.74) is 0.339. The minimum absolute atomic E-state index is 0.339. The van der Waals surface area contributed by atoms with Crippen molar-refractivity contribution in [3.8, 4) is 0 Å². The molecule has 0 saturated carbocycles. The Labute approximate surface area is 134 Å². The van der Waals surface area contributed by atoms with Gasteiger partial charge < -0.3 is 5.32 Å². The number of nitrogens with zero attached hydrogens (tertiary/aromatic N) is 1. The van der Waals surface area contributed by atoms with E-state index < -0.39 is 0 Å². The van der Waals surface area contributed by atoms with Crippen molar-refractivity contribution in [2.24, 2.45) is 29.1 Å². The molecule has 1 rings (SSSR count). The molecular formula is C19H40N2. The van der Waals surface area contributed by atoms with Gasteiger partial charge in [0.1, 0.15) is 0 Å². The van der Waals surface area contributed by atoms with Crippen LogP contribution in [-0.2, 0) is 0 Å². The monoisotopic (exact) mass is 296 g/mol. The van der Waals surface area contributed by atoms with E-state index in [4.69, 9.17) is 0 Å². The number of hydrogen-bond acceptors (Lipinski definition) is 2. The first kappa shape index (κ1) is 19.0. The highest BCUT2D eigenvalue weighted by Crippen LogP contribution is 2.29. The minimum Gasteiger partial charge on any atom is -0.311 e. The van der Waals surface area contributed by atoms with Crippen molar-refractivity contribution in [2.75, 3.05) is 19.6 Å². The van der Waals surface area contributed by atoms with Crippen LogP contribution in [-0.4, -0.2) is 36.6 Å². The van der Waals surface area contributed by atoms with Gasteiger partial charge in [-0.2, -0.15) is 0 Å². The molecule has 1 N–H and O–H groups in total. The molecule has 0 spiro atoms. The Kier molecular flexibility index (Phi) is 6.74. The smallest absolute Gasteiger partial charge is 0.0244 e. The maximum atomic E-state index is 3.81. The van der Waals surface area contributed by atoms with Gasteiger partial charge in [0, 0.05) is 31.7 Å². The predicted octanol–water partition coefficient (Wildman–Crippen LogP) is 4.26. The zero-order valence-electron chi connectivity index (χ0n) is 16.0. The van der Waals surface area contributed by atoms with Crippen LogP contribution in [0.5, 0.6) is 0 Å². The third kappa shape index (κ3) is 5.25. The van der Waals surface area contributed by atoms with Crippen LogP contribution in [0.15, 0.2) is 0 Å². The molecule has 0 aliphatic carbocycles. The highest BCUT2D eigenvalue weighted by molar-refractivity contribution is 4.93. The van der Waals surface area contributed by atoms with E-state index in [9.17, 15) is 0 Å². The largest absolute Gasteiger partial charge is 0.311 e. The number of piperazine rings is 1. The third-order valence-corrected chi connectivity index (χ3v) is 5.43. The third-order valence-electron chi connectivity index (χ3n) is 5.43. The molecule has 126 valence electrons. The summed E-state index contributed by atoms with van der Waals surface area (Å²) in [4.78, 5) is 2.79. The summed E-state index contributed by atoms with van der Waals surface area (Å²) in [5.74, 6) is 3.05. The standard InChI is InChI=1S/C19H40N2/c1-13(2)16(14(3)4)11-21-12-18(19(7,8)9)20-10-17(21)15(5)6/h13-18,20H,10-12H2,1-9H3. The van der Waals surface area contributed by atoms with E-state index in [0.29, 0.717) is 17.5 Å². The Morgan fingerprint density at radius 3 is 1.90 bits per heavy atom. The van der Waals surface area contributed by atoms with Crippen LogP contribution in [0.4, 0.5) is 0 Å². The number of nitrogens with one attached hydrogen (secondary N) is 1. The van der Waals surface area contributed by atoms with Crippen LogP contribution in [0.1, 0.15) is 62.3 Å². The number of rotatable bonds is 5. The zero-order chi connectivity index (χ0) is 16.4. The zero-order valence-corrected chi connectivity index (χ0v) is 16.0. The Morgan fingerprint density at radius 1 is 1.00 bits per heavy atom. The summed E-state index contributed by atoms with van der Waals surface area (Å²) in [7, 11) is 0. The fourth-order valence-electron chi connectivity index (χ4n) is 3.74. The molecule has 0 bridgehead atoms. The molecule has 2 heteroatoms. The first-order valence-electron chi connectivity index (χ1n) is 9.01. The van der Waals surface area contributed by atoms with Crippen LogP contribution in [0.3, 0.4) is 0 Å². The van der Waals surface area contributed by atoms with Gasteiger partial charge in [-0.1, -0.05) is 62.3 Å². The van der Waals surface area contributed by atoms with Crippen molar-refractivity contribution in [3.05, 3.63) is 0 Å². The van der Waals surface area contributed by atoms with E-state index in [1.54, 1.807) is 0 Å². The first-order valence-corrected chi connectivity index (χ1v) is 9.01. The average Bonchev–Trinajstić information content (AvgIpc) is 2.33. The van der Waals surface area contributed by atoms with Gasteiger partial charge in [0.15, 0.2) is 0 Å². The van der Waals surface area contributed by atoms with Gasteiger partial charge in [0.2, 0.25) is 0 Å². The fourth-order valence-corrected chi connectivity index (χ4v) is 3.74. The Balaban J connectivity index is 2.84. The molecule has 1 fully saturated rings. The number of hydrogen-bond donors (Lipinski definition) is 1. The SMILES string of the molecule is CC(C)C(CN1CC(C(C)(C)C)NCC1C(C)C)C(C)C. The Bertz CT molecular complexity index is 293. The van der Waals surface area contributed by atoms with Gasteiger partial charge in [0.25, 0.3) is 0 Å². The molecule has 0 aromatic carbocycles. The van der Waals surface area contributed by atoms with Crippen molar-refractivity contribution in [2.45, 2.75) is 74.4 Å². The van der Waals surface area contributed by atoms with Gasteiger partial charge in [-0.3, -0.25) is 4.90 Å². The Morgan fingerprint density at radius 2 is 1.52 bits per heavy atom. The van der Waals surface area contributed by atoms with E-state index in [0.717, 1.165) is 30.2 Å². The normalized spacial score (nSPS) is 25.6. The highest BCUT2D eigenvalue weighted by Gasteiger charge is 2.36. The van der Waals surface area contributed by atoms with Crippen molar-refractivity contribution in [3.63, 3.8) is 0 Å². The van der Waals surface area contributed by atoms with Crippen LogP contribution in [0.25, 0.3) is 0 Å². The van der Waals surface area contributed by atoms with Crippen LogP contribution >= 0.6 is 0 Å². The lowest BCUT2D eigenvalue weighted by Crippen LogP contribution is -2.62. The molecule has 1 aliphatic heterocycles. The summed E-state index contributed by atoms with van der Waals surface area (Å²) in [6.07, 6.45) is 0. The van der Waals surface area contributed by atoms with E-state index in [2.05, 4.69) is 72.5 Å². The molecule has 21 heavy (non-hydrogen) atoms. The van der Waals surface area contributed by atoms with E-state index in [-0.39, 0.29) is 0 Å². The van der Waals surface area contributed by atoms with Crippen molar-refractivity contribution in [1.82, 2.24) is 10.2 Å². The van der Waals surface area contributed by atoms with E-state index >= 15 is 0 Å². The van der Waals surface area contributed by atoms with Gasteiger partial charge >= 0.3 is 0 Å². The molecule has 0 aromatic rings. The maximum Gasteiger partial charge on any atom is 0.0244 e. The quantitative estimate of drug-likeness (QED) is 0.815. The average molecular weight is 297 g/mol. The van der Waals surface area contributed by atoms with Crippen molar-refractivity contribution in [1.29, 1.82) is 0 Å². The summed E-state index contributed by atoms with van der Waals surface area (Å²) in [6, 6.07) is 1.29. The molecule has 1 aliphatic rings. The van der Waals surface area contributed by atoms with Gasteiger partial charge in [-0.15, -0.1) is 0 Å². The molecule has 2 nitrogen and oxygen atoms in total. The van der Waals surface area contributed by atoms with Crippen molar-refractivity contribution < 1.29 is 0 Å². The first-order chi connectivity index (χ1) is 9.54. The molecule has 0 radical (unpaired) electrons. The maximum absolute atomic E-state index is 3.81. The second-order valence-corrected chi connectivity index (χ2v) is 9.24. The summed E-state index contributed by atoms with van der Waals surface area (Å²) in [5, 5.41) is 3.81. The van der Waals surface area contributed by atoms with Gasteiger partial charge in [0.05, 0.1) is 0 Å². The molecule has 1 saturated heterocycles. The molecule has 0 aromatic heterocycles. The lowest BCUT2D eigenvalue weighted by atomic mass is 9.81. The molecule has 1 heterocycles. The highest BCUT2D eigenvalue weighted by atomic mass is 15.2. The molecule has 2 unspecified atom stereocenters. The van der Waals surface area contributed by atoms with Crippen molar-refractivity contribution >= 4 is 0 Å². The lowest BCUT2D eigenvalue weighted by molar-refractivity contribution is 0.0363. The van der Waals surface area contributed by atoms with Crippen LogP contribution < -0.4 is 5.32 Å². The Hall–Kier alpha value is -0.0800. The summed E-state index contributed by atoms with van der Waals surface area (Å²) in [6.45, 7) is 25.0. The predicted molar refractivity (Wildman–Crippen MR) is 94.6 cm³/mol. The van der Waals surface area contributed by atoms with Crippen LogP contribution in [0, 0.1) is 29.1 Å². The topological polar surface area (TPSA) is 15.3 Å². The molecule has 0 amide bonds. The van der Waals surface area contributed by atoms with Gasteiger partial charge in [-0.05, 0) is 29.1 Å².